The fourth-order valence-corrected chi connectivity index (χ4v) is 20.4. The summed E-state index contributed by atoms with van der Waals surface area (Å²) in [5.74, 6) is 0. The third-order valence-electron chi connectivity index (χ3n) is 18.7. The van der Waals surface area contributed by atoms with E-state index in [0.717, 1.165) is 44.3 Å². The smallest absolute Gasteiger partial charge is 0.179 e. The molecule has 0 fully saturated rings. The fraction of sp³-hybridized carbons (Fsp3) is 0. The average Bonchev–Trinajstić information content (AvgIpc) is 1.83. The molecule has 5 heteroatoms. The lowest BCUT2D eigenvalue weighted by Gasteiger charge is -2.34. The van der Waals surface area contributed by atoms with E-state index in [1.807, 2.05) is 17.4 Å². The van der Waals surface area contributed by atoms with Crippen molar-refractivity contribution in [2.45, 2.75) is 0 Å². The summed E-state index contributed by atoms with van der Waals surface area (Å²) >= 11 is 1.87. The van der Waals surface area contributed by atoms with Gasteiger partial charge in [0.15, 0.2) is 8.07 Å². The zero-order valence-corrected chi connectivity index (χ0v) is 50.2. The lowest BCUT2D eigenvalue weighted by molar-refractivity contribution is 0.669. The first-order valence-corrected chi connectivity index (χ1v) is 33.3. The molecule has 0 spiro atoms. The van der Waals surface area contributed by atoms with Crippen molar-refractivity contribution in [3.8, 4) is 55.9 Å². The van der Waals surface area contributed by atoms with Crippen molar-refractivity contribution in [3.63, 3.8) is 0 Å². The largest absolute Gasteiger partial charge is 0.456 e. The number of aromatic nitrogens is 2. The van der Waals surface area contributed by atoms with Crippen LogP contribution in [0.3, 0.4) is 0 Å². The van der Waals surface area contributed by atoms with Gasteiger partial charge >= 0.3 is 0 Å². The van der Waals surface area contributed by atoms with Crippen LogP contribution in [0.1, 0.15) is 0 Å². The van der Waals surface area contributed by atoms with Gasteiger partial charge in [-0.15, -0.1) is 11.3 Å². The number of rotatable bonds is 10. The number of hydrogen-bond donors (Lipinski definition) is 0. The maximum absolute atomic E-state index is 6.35. The molecular formula is C84H54N2OSSi. The van der Waals surface area contributed by atoms with Gasteiger partial charge in [0.2, 0.25) is 0 Å². The second-order valence-corrected chi connectivity index (χ2v) is 28.4. The molecule has 18 aromatic rings. The van der Waals surface area contributed by atoms with E-state index in [1.165, 1.54) is 118 Å². The van der Waals surface area contributed by atoms with Gasteiger partial charge in [0.1, 0.15) is 11.2 Å². The van der Waals surface area contributed by atoms with Crippen LogP contribution >= 0.6 is 11.3 Å². The van der Waals surface area contributed by atoms with Crippen LogP contribution in [0.4, 0.5) is 0 Å². The Bertz CT molecular complexity index is 5700. The normalized spacial score (nSPS) is 12.0. The highest BCUT2D eigenvalue weighted by atomic mass is 32.1. The Labute approximate surface area is 519 Å². The highest BCUT2D eigenvalue weighted by molar-refractivity contribution is 7.25. The van der Waals surface area contributed by atoms with Gasteiger partial charge in [0.25, 0.3) is 0 Å². The molecular weight excluding hydrogens is 1110 g/mol. The molecule has 0 amide bonds. The SMILES string of the molecule is c1ccc(-n2c3ccccc3c3cc(-c4ccc5c(c4)c4cc(-c6ccc7sc8ccc(-c9cccc(-c%10cccc([Si](c%11ccccc%11)(c%11ccccc%11)c%11ccccc%11)c%10)c9)cc8c7c6)ccc4n5-c4ccc5oc6ccccc6c5c4)ccc32)cc1. The molecule has 4 aromatic heterocycles. The van der Waals surface area contributed by atoms with Gasteiger partial charge in [-0.2, -0.15) is 0 Å². The zero-order chi connectivity index (χ0) is 58.6. The standard InChI is InChI=1S/C84H54N2OSSi/c1-5-22-63(23-6-1)85-77-33-15-13-31-69(77)71-49-58(35-41-78(71)85)59-36-42-79-72(50-59)73-51-60(37-43-80(73)86(79)64-40-44-82-74(54-64)70-32-14-16-34-81(70)87-82)62-39-46-84-76(53-62)75-52-61(38-45-83(75)88-84)56-20-17-19-55(47-56)57-21-18-30-68(48-57)89(65-24-7-2-8-25-65,66-26-9-3-10-27-66)67-28-11-4-12-29-67/h1-54H. The van der Waals surface area contributed by atoms with Crippen molar-refractivity contribution >= 4 is 126 Å². The van der Waals surface area contributed by atoms with E-state index in [4.69, 9.17) is 4.42 Å². The van der Waals surface area contributed by atoms with Crippen LogP contribution in [-0.2, 0) is 0 Å². The number of thiophene rings is 1. The third-order valence-corrected chi connectivity index (χ3v) is 24.6. The monoisotopic (exact) mass is 1170 g/mol. The Hall–Kier alpha value is -11.1. The first-order valence-electron chi connectivity index (χ1n) is 30.5. The van der Waals surface area contributed by atoms with Gasteiger partial charge in [-0.1, -0.05) is 218 Å². The molecule has 89 heavy (non-hydrogen) atoms. The van der Waals surface area contributed by atoms with Crippen molar-refractivity contribution in [1.82, 2.24) is 9.13 Å². The molecule has 0 aliphatic carbocycles. The van der Waals surface area contributed by atoms with E-state index >= 15 is 0 Å². The molecule has 0 radical (unpaired) electrons. The summed E-state index contributed by atoms with van der Waals surface area (Å²) in [5, 5.41) is 15.1. The quantitative estimate of drug-likeness (QED) is 0.0989. The van der Waals surface area contributed by atoms with E-state index in [1.54, 1.807) is 0 Å². The minimum Gasteiger partial charge on any atom is -0.456 e. The number of furan rings is 1. The average molecular weight is 1170 g/mol. The van der Waals surface area contributed by atoms with Gasteiger partial charge in [-0.25, -0.2) is 0 Å². The summed E-state index contributed by atoms with van der Waals surface area (Å²) in [4.78, 5) is 0. The Morgan fingerprint density at radius 3 is 1.18 bits per heavy atom. The predicted octanol–water partition coefficient (Wildman–Crippen LogP) is 20.2. The van der Waals surface area contributed by atoms with Crippen LogP contribution in [0.25, 0.3) is 142 Å². The molecule has 0 atom stereocenters. The minimum atomic E-state index is -2.71. The highest BCUT2D eigenvalue weighted by Gasteiger charge is 2.41. The molecule has 3 nitrogen and oxygen atoms in total. The molecule has 416 valence electrons. The van der Waals surface area contributed by atoms with E-state index in [-0.39, 0.29) is 0 Å². The van der Waals surface area contributed by atoms with Crippen LogP contribution in [-0.4, -0.2) is 17.2 Å². The molecule has 0 N–H and O–H groups in total. The summed E-state index contributed by atoms with van der Waals surface area (Å²) in [7, 11) is -2.71. The first-order chi connectivity index (χ1) is 44.1. The van der Waals surface area contributed by atoms with Crippen LogP contribution in [0.15, 0.2) is 332 Å². The zero-order valence-electron chi connectivity index (χ0n) is 48.4. The molecule has 0 aliphatic heterocycles. The Morgan fingerprint density at radius 1 is 0.225 bits per heavy atom. The lowest BCUT2D eigenvalue weighted by atomic mass is 9.97. The van der Waals surface area contributed by atoms with Gasteiger partial charge in [0.05, 0.1) is 22.1 Å². The number of para-hydroxylation sites is 3. The summed E-state index contributed by atoms with van der Waals surface area (Å²) in [6.07, 6.45) is 0. The van der Waals surface area contributed by atoms with Crippen LogP contribution in [0, 0.1) is 0 Å². The Kier molecular flexibility index (Phi) is 11.8. The number of nitrogens with zero attached hydrogens (tertiary/aromatic N) is 2. The van der Waals surface area contributed by atoms with Gasteiger partial charge in [-0.3, -0.25) is 0 Å². The second kappa shape index (κ2) is 20.5. The van der Waals surface area contributed by atoms with Crippen molar-refractivity contribution in [2.24, 2.45) is 0 Å². The molecule has 0 aliphatic rings. The van der Waals surface area contributed by atoms with Crippen LogP contribution in [0.5, 0.6) is 0 Å². The maximum Gasteiger partial charge on any atom is 0.179 e. The van der Waals surface area contributed by atoms with Crippen LogP contribution < -0.4 is 20.7 Å². The van der Waals surface area contributed by atoms with E-state index < -0.39 is 8.07 Å². The summed E-state index contributed by atoms with van der Waals surface area (Å²) < 4.78 is 13.7. The summed E-state index contributed by atoms with van der Waals surface area (Å²) in [6, 6.07) is 122. The molecule has 0 unspecified atom stereocenters. The number of fused-ring (bicyclic) bond motifs is 12. The first kappa shape index (κ1) is 51.2. The molecule has 0 saturated carbocycles. The Balaban J connectivity index is 0.748. The van der Waals surface area contributed by atoms with Gasteiger partial charge in [-0.05, 0) is 174 Å². The van der Waals surface area contributed by atoms with Crippen molar-refractivity contribution in [1.29, 1.82) is 0 Å². The lowest BCUT2D eigenvalue weighted by Crippen LogP contribution is -2.74. The fourth-order valence-electron chi connectivity index (χ4n) is 14.5. The topological polar surface area (TPSA) is 23.0 Å². The van der Waals surface area contributed by atoms with Gasteiger partial charge < -0.3 is 13.6 Å². The van der Waals surface area contributed by atoms with Gasteiger partial charge in [0, 0.05) is 63.9 Å². The number of benzene rings is 14. The predicted molar refractivity (Wildman–Crippen MR) is 381 cm³/mol. The minimum absolute atomic E-state index is 0.887. The second-order valence-electron chi connectivity index (χ2n) is 23.5. The molecule has 0 saturated heterocycles. The van der Waals surface area contributed by atoms with Crippen molar-refractivity contribution in [2.75, 3.05) is 0 Å². The van der Waals surface area contributed by atoms with E-state index in [2.05, 4.69) is 331 Å². The molecule has 0 bridgehead atoms. The van der Waals surface area contributed by atoms with E-state index in [9.17, 15) is 0 Å². The third kappa shape index (κ3) is 8.24. The number of hydrogen-bond acceptors (Lipinski definition) is 2. The van der Waals surface area contributed by atoms with Crippen LogP contribution in [0.2, 0.25) is 0 Å². The Morgan fingerprint density at radius 2 is 0.618 bits per heavy atom. The van der Waals surface area contributed by atoms with Crippen molar-refractivity contribution < 1.29 is 4.42 Å². The summed E-state index contributed by atoms with van der Waals surface area (Å²) in [6.45, 7) is 0. The maximum atomic E-state index is 6.35. The van der Waals surface area contributed by atoms with E-state index in [0.29, 0.717) is 0 Å². The highest BCUT2D eigenvalue weighted by Crippen LogP contribution is 2.43. The molecule has 14 aromatic carbocycles. The molecule has 18 rings (SSSR count). The molecule has 4 heterocycles. The summed E-state index contributed by atoms with van der Waals surface area (Å²) in [5.41, 5.74) is 18.3. The van der Waals surface area contributed by atoms with Crippen molar-refractivity contribution in [3.05, 3.63) is 328 Å².